The van der Waals surface area contributed by atoms with E-state index in [1.807, 2.05) is 0 Å². The standard InChI is InChI=1S/C13H14F2N2O3S/c14-10-5-9(6-11(15)7-10)3-4-17-8-12-1-2-13(20-12)21(16,18)19/h1-2,5-7,17H,3-4,8H2,(H2,16,18,19). The first-order valence-corrected chi connectivity index (χ1v) is 7.66. The first-order chi connectivity index (χ1) is 9.84. The fraction of sp³-hybridized carbons (Fsp3) is 0.231. The lowest BCUT2D eigenvalue weighted by atomic mass is 10.1. The Kier molecular flexibility index (Phi) is 4.71. The van der Waals surface area contributed by atoms with E-state index in [0.717, 1.165) is 6.07 Å². The second kappa shape index (κ2) is 6.33. The molecule has 0 aliphatic rings. The van der Waals surface area contributed by atoms with Gasteiger partial charge in [0.1, 0.15) is 17.4 Å². The summed E-state index contributed by atoms with van der Waals surface area (Å²) in [6.07, 6.45) is 0.428. The summed E-state index contributed by atoms with van der Waals surface area (Å²) < 4.78 is 53.0. The van der Waals surface area contributed by atoms with E-state index in [-0.39, 0.29) is 11.6 Å². The van der Waals surface area contributed by atoms with Crippen LogP contribution in [0.5, 0.6) is 0 Å². The normalized spacial score (nSPS) is 11.8. The third kappa shape index (κ3) is 4.62. The Balaban J connectivity index is 1.83. The van der Waals surface area contributed by atoms with Gasteiger partial charge in [-0.3, -0.25) is 0 Å². The van der Waals surface area contributed by atoms with Crippen LogP contribution in [-0.4, -0.2) is 15.0 Å². The molecule has 0 spiro atoms. The van der Waals surface area contributed by atoms with Crippen molar-refractivity contribution in [2.24, 2.45) is 5.14 Å². The summed E-state index contributed by atoms with van der Waals surface area (Å²) in [5, 5.41) is 7.60. The monoisotopic (exact) mass is 316 g/mol. The topological polar surface area (TPSA) is 85.3 Å². The van der Waals surface area contributed by atoms with Crippen molar-refractivity contribution in [3.63, 3.8) is 0 Å². The van der Waals surface area contributed by atoms with E-state index >= 15 is 0 Å². The van der Waals surface area contributed by atoms with E-state index in [4.69, 9.17) is 9.56 Å². The molecule has 114 valence electrons. The molecule has 0 amide bonds. The molecule has 2 rings (SSSR count). The molecule has 5 nitrogen and oxygen atoms in total. The number of sulfonamides is 1. The number of furan rings is 1. The first-order valence-electron chi connectivity index (χ1n) is 6.12. The minimum absolute atomic E-state index is 0.285. The fourth-order valence-corrected chi connectivity index (χ4v) is 2.29. The number of nitrogens with one attached hydrogen (secondary N) is 1. The third-order valence-electron chi connectivity index (χ3n) is 2.73. The van der Waals surface area contributed by atoms with Crippen LogP contribution < -0.4 is 10.5 Å². The van der Waals surface area contributed by atoms with Gasteiger partial charge >= 0.3 is 0 Å². The van der Waals surface area contributed by atoms with Crippen molar-refractivity contribution in [3.8, 4) is 0 Å². The molecule has 21 heavy (non-hydrogen) atoms. The van der Waals surface area contributed by atoms with Crippen LogP contribution >= 0.6 is 0 Å². The van der Waals surface area contributed by atoms with Gasteiger partial charge in [-0.15, -0.1) is 0 Å². The fourth-order valence-electron chi connectivity index (χ4n) is 1.81. The Bertz CT molecular complexity index is 709. The van der Waals surface area contributed by atoms with Gasteiger partial charge in [0.05, 0.1) is 6.54 Å². The Morgan fingerprint density at radius 3 is 2.38 bits per heavy atom. The number of hydrogen-bond acceptors (Lipinski definition) is 4. The molecule has 0 unspecified atom stereocenters. The highest BCUT2D eigenvalue weighted by Gasteiger charge is 2.12. The van der Waals surface area contributed by atoms with E-state index < -0.39 is 21.7 Å². The molecule has 0 saturated heterocycles. The molecular weight excluding hydrogens is 302 g/mol. The van der Waals surface area contributed by atoms with Crippen LogP contribution in [0, 0.1) is 11.6 Å². The van der Waals surface area contributed by atoms with Crippen LogP contribution in [0.1, 0.15) is 11.3 Å². The van der Waals surface area contributed by atoms with Crippen molar-refractivity contribution in [2.75, 3.05) is 6.54 Å². The van der Waals surface area contributed by atoms with E-state index in [1.54, 1.807) is 0 Å². The smallest absolute Gasteiger partial charge is 0.271 e. The first kappa shape index (κ1) is 15.6. The number of nitrogens with two attached hydrogens (primary N) is 1. The molecular formula is C13H14F2N2O3S. The van der Waals surface area contributed by atoms with E-state index in [9.17, 15) is 17.2 Å². The SMILES string of the molecule is NS(=O)(=O)c1ccc(CNCCc2cc(F)cc(F)c2)o1. The Morgan fingerprint density at radius 1 is 1.14 bits per heavy atom. The summed E-state index contributed by atoms with van der Waals surface area (Å²) >= 11 is 0. The van der Waals surface area contributed by atoms with Gasteiger partial charge in [0.2, 0.25) is 5.09 Å². The molecule has 0 aliphatic carbocycles. The quantitative estimate of drug-likeness (QED) is 0.792. The number of rotatable bonds is 6. The minimum Gasteiger partial charge on any atom is -0.447 e. The van der Waals surface area contributed by atoms with E-state index in [0.29, 0.717) is 24.3 Å². The van der Waals surface area contributed by atoms with Gasteiger partial charge in [-0.2, -0.15) is 0 Å². The zero-order chi connectivity index (χ0) is 15.5. The molecule has 1 heterocycles. The van der Waals surface area contributed by atoms with Crippen molar-refractivity contribution in [1.82, 2.24) is 5.32 Å². The lowest BCUT2D eigenvalue weighted by Crippen LogP contribution is -2.16. The van der Waals surface area contributed by atoms with Crippen LogP contribution in [0.15, 0.2) is 39.8 Å². The van der Waals surface area contributed by atoms with Crippen molar-refractivity contribution < 1.29 is 21.6 Å². The molecule has 0 bridgehead atoms. The summed E-state index contributed by atoms with van der Waals surface area (Å²) in [4.78, 5) is 0. The second-order valence-electron chi connectivity index (χ2n) is 4.47. The summed E-state index contributed by atoms with van der Waals surface area (Å²) in [5.41, 5.74) is 0.532. The maximum absolute atomic E-state index is 13.0. The molecule has 0 atom stereocenters. The van der Waals surface area contributed by atoms with Gasteiger partial charge in [-0.05, 0) is 42.8 Å². The summed E-state index contributed by atoms with van der Waals surface area (Å²) in [7, 11) is -3.84. The molecule has 8 heteroatoms. The maximum Gasteiger partial charge on any atom is 0.271 e. The molecule has 0 radical (unpaired) electrons. The minimum atomic E-state index is -3.84. The van der Waals surface area contributed by atoms with Gasteiger partial charge in [0.15, 0.2) is 0 Å². The van der Waals surface area contributed by atoms with Crippen molar-refractivity contribution >= 4 is 10.0 Å². The largest absolute Gasteiger partial charge is 0.447 e. The van der Waals surface area contributed by atoms with Gasteiger partial charge in [-0.25, -0.2) is 22.3 Å². The van der Waals surface area contributed by atoms with Crippen molar-refractivity contribution in [1.29, 1.82) is 0 Å². The zero-order valence-corrected chi connectivity index (χ0v) is 11.8. The van der Waals surface area contributed by atoms with Crippen LogP contribution in [0.25, 0.3) is 0 Å². The third-order valence-corrected chi connectivity index (χ3v) is 3.51. The molecule has 0 aliphatic heterocycles. The highest BCUT2D eigenvalue weighted by atomic mass is 32.2. The molecule has 2 aromatic rings. The summed E-state index contributed by atoms with van der Waals surface area (Å²) in [5.74, 6) is -0.827. The number of benzene rings is 1. The van der Waals surface area contributed by atoms with Crippen molar-refractivity contribution in [2.45, 2.75) is 18.1 Å². The number of primary sulfonamides is 1. The number of halogens is 2. The van der Waals surface area contributed by atoms with Crippen LogP contribution in [0.4, 0.5) is 8.78 Å². The zero-order valence-electron chi connectivity index (χ0n) is 11.0. The molecule has 1 aromatic carbocycles. The molecule has 0 saturated carbocycles. The van der Waals surface area contributed by atoms with Gasteiger partial charge in [0.25, 0.3) is 10.0 Å². The Morgan fingerprint density at radius 2 is 1.81 bits per heavy atom. The highest BCUT2D eigenvalue weighted by molar-refractivity contribution is 7.89. The van der Waals surface area contributed by atoms with Gasteiger partial charge < -0.3 is 9.73 Å². The van der Waals surface area contributed by atoms with E-state index in [2.05, 4.69) is 5.32 Å². The predicted molar refractivity (Wildman–Crippen MR) is 71.8 cm³/mol. The molecule has 3 N–H and O–H groups in total. The predicted octanol–water partition coefficient (Wildman–Crippen LogP) is 1.54. The molecule has 1 aromatic heterocycles. The lowest BCUT2D eigenvalue weighted by molar-refractivity contribution is 0.403. The number of hydrogen-bond donors (Lipinski definition) is 2. The van der Waals surface area contributed by atoms with Gasteiger partial charge in [0, 0.05) is 6.07 Å². The molecule has 0 fully saturated rings. The van der Waals surface area contributed by atoms with Crippen LogP contribution in [0.2, 0.25) is 0 Å². The maximum atomic E-state index is 13.0. The van der Waals surface area contributed by atoms with E-state index in [1.165, 1.54) is 24.3 Å². The second-order valence-corrected chi connectivity index (χ2v) is 5.96. The Labute approximate surface area is 120 Å². The van der Waals surface area contributed by atoms with Crippen LogP contribution in [-0.2, 0) is 23.0 Å². The average molecular weight is 316 g/mol. The summed E-state index contributed by atoms with van der Waals surface area (Å²) in [6, 6.07) is 6.10. The van der Waals surface area contributed by atoms with Crippen LogP contribution in [0.3, 0.4) is 0 Å². The van der Waals surface area contributed by atoms with Gasteiger partial charge in [-0.1, -0.05) is 0 Å². The summed E-state index contributed by atoms with van der Waals surface area (Å²) in [6.45, 7) is 0.738. The van der Waals surface area contributed by atoms with Crippen molar-refractivity contribution in [3.05, 3.63) is 53.3 Å². The highest BCUT2D eigenvalue weighted by Crippen LogP contribution is 2.12. The Hall–Kier alpha value is -1.77. The average Bonchev–Trinajstić information content (AvgIpc) is 2.82. The lowest BCUT2D eigenvalue weighted by Gasteiger charge is -2.04.